The van der Waals surface area contributed by atoms with Crippen molar-refractivity contribution in [2.24, 2.45) is 0 Å². The Morgan fingerprint density at radius 3 is 2.40 bits per heavy atom. The molecule has 4 fully saturated rings. The second kappa shape index (κ2) is 12.7. The van der Waals surface area contributed by atoms with Gasteiger partial charge in [0.15, 0.2) is 5.75 Å². The van der Waals surface area contributed by atoms with Crippen molar-refractivity contribution in [1.82, 2.24) is 19.8 Å². The van der Waals surface area contributed by atoms with Crippen LogP contribution in [0, 0.1) is 0 Å². The summed E-state index contributed by atoms with van der Waals surface area (Å²) in [6, 6.07) is 1.41. The van der Waals surface area contributed by atoms with E-state index >= 15 is 0 Å². The highest BCUT2D eigenvalue weighted by atomic mass is 79.9. The molecule has 1 aromatic heterocycles. The van der Waals surface area contributed by atoms with Crippen molar-refractivity contribution in [3.05, 3.63) is 16.1 Å². The maximum atomic E-state index is 14.5. The van der Waals surface area contributed by atoms with Crippen molar-refractivity contribution in [3.8, 4) is 11.8 Å². The lowest BCUT2D eigenvalue weighted by atomic mass is 9.95. The number of halogens is 5. The molecule has 2 aromatic rings. The smallest absolute Gasteiger partial charge is 0.417 e. The number of benzene rings is 1. The van der Waals surface area contributed by atoms with Crippen LogP contribution in [0.25, 0.3) is 10.9 Å². The van der Waals surface area contributed by atoms with Crippen molar-refractivity contribution in [2.45, 2.75) is 114 Å². The van der Waals surface area contributed by atoms with Crippen LogP contribution in [0.1, 0.15) is 58.4 Å². The standard InChI is InChI=1S/C33H46BrF4N5O4Si/c1-31(2,3)47-30(44)43-21-8-9-22(43)18-41(17-21)28-23-14-24(33(36,37)38)25(34)27(45-12-13-48(4,5)6)26(23)39-29(40-28)46-19-32-10-7-11-42(32)16-20(35)15-32/h14,20-22H,7-13,15-19H2,1-6H3/t20-,21?,22?,32+/m1/s1. The molecule has 4 saturated heterocycles. The Morgan fingerprint density at radius 2 is 1.77 bits per heavy atom. The van der Waals surface area contributed by atoms with Crippen LogP contribution >= 0.6 is 15.9 Å². The Labute approximate surface area is 288 Å². The molecule has 4 aliphatic heterocycles. The van der Waals surface area contributed by atoms with Crippen molar-refractivity contribution >= 4 is 46.8 Å². The molecule has 0 aliphatic carbocycles. The molecule has 9 nitrogen and oxygen atoms in total. The van der Waals surface area contributed by atoms with E-state index in [4.69, 9.17) is 19.2 Å². The fourth-order valence-electron chi connectivity index (χ4n) is 7.62. The normalized spacial score (nSPS) is 26.4. The van der Waals surface area contributed by atoms with E-state index in [-0.39, 0.29) is 52.4 Å². The average molecular weight is 761 g/mol. The number of carbonyl (C=O) groups excluding carboxylic acids is 1. The van der Waals surface area contributed by atoms with Gasteiger partial charge in [-0.25, -0.2) is 9.18 Å². The van der Waals surface area contributed by atoms with Crippen LogP contribution in [0.5, 0.6) is 11.8 Å². The van der Waals surface area contributed by atoms with Gasteiger partial charge in [0.1, 0.15) is 29.7 Å². The highest BCUT2D eigenvalue weighted by Gasteiger charge is 2.50. The number of fused-ring (bicyclic) bond motifs is 4. The summed E-state index contributed by atoms with van der Waals surface area (Å²) in [6.07, 6.45) is -2.46. The second-order valence-corrected chi connectivity index (χ2v) is 22.4. The van der Waals surface area contributed by atoms with Crippen molar-refractivity contribution in [1.29, 1.82) is 0 Å². The molecule has 1 amide bonds. The van der Waals surface area contributed by atoms with Gasteiger partial charge in [-0.2, -0.15) is 23.1 Å². The van der Waals surface area contributed by atoms with Crippen LogP contribution in [0.2, 0.25) is 25.7 Å². The number of nitrogens with zero attached hydrogens (tertiary/aromatic N) is 5. The first kappa shape index (κ1) is 35.4. The first-order chi connectivity index (χ1) is 22.3. The molecule has 266 valence electrons. The Kier molecular flexibility index (Phi) is 9.40. The lowest BCUT2D eigenvalue weighted by Crippen LogP contribution is -2.57. The SMILES string of the molecule is CC(C)(C)OC(=O)N1C2CCC1CN(c1nc(OC[C@@]34CCCN3C[C@H](F)C4)nc3c(OCC[Si](C)(C)C)c(Br)c(C(F)(F)F)cc13)C2. The van der Waals surface area contributed by atoms with E-state index in [0.29, 0.717) is 31.9 Å². The van der Waals surface area contributed by atoms with Crippen LogP contribution < -0.4 is 14.4 Å². The third-order valence-corrected chi connectivity index (χ3v) is 12.4. The number of ether oxygens (including phenoxy) is 3. The molecule has 4 atom stereocenters. The number of amides is 1. The molecule has 5 heterocycles. The minimum atomic E-state index is -4.68. The molecule has 2 bridgehead atoms. The van der Waals surface area contributed by atoms with Gasteiger partial charge in [-0.1, -0.05) is 19.6 Å². The van der Waals surface area contributed by atoms with E-state index in [9.17, 15) is 22.4 Å². The summed E-state index contributed by atoms with van der Waals surface area (Å²) >= 11 is 3.22. The molecule has 15 heteroatoms. The van der Waals surface area contributed by atoms with E-state index in [1.807, 2.05) is 25.7 Å². The van der Waals surface area contributed by atoms with Crippen LogP contribution in [0.4, 0.5) is 28.2 Å². The Bertz CT molecular complexity index is 1540. The zero-order valence-electron chi connectivity index (χ0n) is 28.6. The number of hydrogen-bond donors (Lipinski definition) is 0. The Morgan fingerprint density at radius 1 is 1.08 bits per heavy atom. The third-order valence-electron chi connectivity index (χ3n) is 9.87. The summed E-state index contributed by atoms with van der Waals surface area (Å²) in [5.41, 5.74) is -1.80. The highest BCUT2D eigenvalue weighted by molar-refractivity contribution is 9.10. The van der Waals surface area contributed by atoms with Crippen LogP contribution in [-0.2, 0) is 10.9 Å². The Hall–Kier alpha value is -2.39. The molecule has 1 aromatic carbocycles. The molecule has 0 radical (unpaired) electrons. The predicted molar refractivity (Wildman–Crippen MR) is 182 cm³/mol. The third kappa shape index (κ3) is 7.23. The number of aromatic nitrogens is 2. The number of rotatable bonds is 8. The second-order valence-electron chi connectivity index (χ2n) is 16.0. The van der Waals surface area contributed by atoms with Crippen LogP contribution in [-0.4, -0.2) is 103 Å². The topological polar surface area (TPSA) is 80.3 Å². The summed E-state index contributed by atoms with van der Waals surface area (Å²) < 4.78 is 76.1. The zero-order valence-corrected chi connectivity index (χ0v) is 31.1. The molecule has 0 N–H and O–H groups in total. The molecule has 6 rings (SSSR count). The number of anilines is 1. The number of piperazine rings is 1. The maximum absolute atomic E-state index is 14.5. The van der Waals surface area contributed by atoms with Crippen LogP contribution in [0.15, 0.2) is 10.5 Å². The summed E-state index contributed by atoms with van der Waals surface area (Å²) in [5, 5.41) is 0.191. The number of hydrogen-bond acceptors (Lipinski definition) is 8. The lowest BCUT2D eigenvalue weighted by molar-refractivity contribution is -0.138. The molecule has 0 saturated carbocycles. The summed E-state index contributed by atoms with van der Waals surface area (Å²) in [4.78, 5) is 28.5. The molecule has 0 spiro atoms. The van der Waals surface area contributed by atoms with Crippen LogP contribution in [0.3, 0.4) is 0 Å². The summed E-state index contributed by atoms with van der Waals surface area (Å²) in [7, 11) is -1.59. The number of alkyl halides is 4. The summed E-state index contributed by atoms with van der Waals surface area (Å²) in [5.74, 6) is 0.284. The molecule has 48 heavy (non-hydrogen) atoms. The monoisotopic (exact) mass is 759 g/mol. The maximum Gasteiger partial charge on any atom is 0.417 e. The van der Waals surface area contributed by atoms with E-state index < -0.39 is 43.2 Å². The minimum Gasteiger partial charge on any atom is -0.490 e. The van der Waals surface area contributed by atoms with E-state index in [1.165, 1.54) is 0 Å². The van der Waals surface area contributed by atoms with Crippen molar-refractivity contribution in [3.63, 3.8) is 0 Å². The fraction of sp³-hybridized carbons (Fsp3) is 0.727. The first-order valence-electron chi connectivity index (χ1n) is 16.9. The van der Waals surface area contributed by atoms with Gasteiger partial charge in [0.05, 0.1) is 34.3 Å². The molecular weight excluding hydrogens is 714 g/mol. The Balaban J connectivity index is 1.42. The molecule has 4 aliphatic rings. The van der Waals surface area contributed by atoms with Crippen molar-refractivity contribution in [2.75, 3.05) is 44.3 Å². The zero-order chi connectivity index (χ0) is 34.8. The highest BCUT2D eigenvalue weighted by Crippen LogP contribution is 2.47. The largest absolute Gasteiger partial charge is 0.490 e. The lowest BCUT2D eigenvalue weighted by Gasteiger charge is -2.42. The van der Waals surface area contributed by atoms with Gasteiger partial charge in [0.25, 0.3) is 0 Å². The van der Waals surface area contributed by atoms with Gasteiger partial charge in [-0.05, 0) is 81.0 Å². The van der Waals surface area contributed by atoms with E-state index in [0.717, 1.165) is 44.3 Å². The van der Waals surface area contributed by atoms with Gasteiger partial charge in [-0.15, -0.1) is 0 Å². The summed E-state index contributed by atoms with van der Waals surface area (Å²) in [6.45, 7) is 14.2. The van der Waals surface area contributed by atoms with Gasteiger partial charge in [0, 0.05) is 39.5 Å². The molecular formula is C33H46BrF4N5O4Si. The van der Waals surface area contributed by atoms with E-state index in [2.05, 4.69) is 45.5 Å². The van der Waals surface area contributed by atoms with Gasteiger partial charge in [0.2, 0.25) is 0 Å². The first-order valence-corrected chi connectivity index (χ1v) is 21.4. The van der Waals surface area contributed by atoms with Gasteiger partial charge in [-0.3, -0.25) is 9.80 Å². The minimum absolute atomic E-state index is 0.00431. The predicted octanol–water partition coefficient (Wildman–Crippen LogP) is 7.67. The number of carbonyl (C=O) groups is 1. The van der Waals surface area contributed by atoms with Gasteiger partial charge >= 0.3 is 18.3 Å². The average Bonchev–Trinajstić information content (AvgIpc) is 3.57. The van der Waals surface area contributed by atoms with E-state index in [1.54, 1.807) is 4.90 Å². The quantitative estimate of drug-likeness (QED) is 0.201. The van der Waals surface area contributed by atoms with Crippen molar-refractivity contribution < 1.29 is 36.6 Å². The molecule has 2 unspecified atom stereocenters. The fourth-order valence-corrected chi connectivity index (χ4v) is 8.97. The van der Waals surface area contributed by atoms with Gasteiger partial charge < -0.3 is 19.1 Å².